The maximum atomic E-state index is 16.9. The predicted octanol–water partition coefficient (Wildman–Crippen LogP) is 13.7. The van der Waals surface area contributed by atoms with Crippen LogP contribution in [0.1, 0.15) is 91.5 Å². The molecule has 4 heterocycles. The Kier molecular flexibility index (Phi) is 9.96. The van der Waals surface area contributed by atoms with E-state index in [0.717, 1.165) is 17.2 Å². The number of halogens is 1. The van der Waals surface area contributed by atoms with Crippen molar-refractivity contribution < 1.29 is 39.9 Å². The third kappa shape index (κ3) is 9.48. The largest absolute Gasteiger partial charge is 3.00 e. The number of nitriles is 1. The van der Waals surface area contributed by atoms with E-state index >= 15 is 4.39 Å². The minimum absolute atomic E-state index is 0. The van der Waals surface area contributed by atoms with Gasteiger partial charge in [-0.2, -0.15) is 5.26 Å². The molecule has 0 unspecified atom stereocenters. The van der Waals surface area contributed by atoms with Gasteiger partial charge in [-0.1, -0.05) is 101 Å². The smallest absolute Gasteiger partial charge is 0.501 e. The van der Waals surface area contributed by atoms with Crippen LogP contribution in [0, 0.1) is 35.3 Å². The summed E-state index contributed by atoms with van der Waals surface area (Å²) in [4.78, 5) is 13.9. The topological polar surface area (TPSA) is 75.6 Å². The molecule has 0 radical (unpaired) electrons. The second kappa shape index (κ2) is 18.1. The van der Waals surface area contributed by atoms with E-state index in [2.05, 4.69) is 33.2 Å². The number of aromatic nitrogens is 3. The van der Waals surface area contributed by atoms with Crippen molar-refractivity contribution in [2.24, 2.45) is 0 Å². The monoisotopic (exact) mass is 1040 g/mol. The molecule has 5 nitrogen and oxygen atoms in total. The number of rotatable bonds is 12. The standard InChI is InChI=1S/C58H48FN4O.Ir/c1-56(2,44-21-24-51(61-35-44)42-14-9-7-10-15-42)31-39-26-40(32-57(3,4)45-22-25-52(62-36-45)43-16-11-8-12-17-43)28-41(27-39)33-58(5,6)49-37-63-53(30-50(49)59)48-19-13-18-47-46-23-20-38(34-60)29-54(46)64-55(47)48;/h7-14,16,18,20-30,35-37H,31-33H2,1-6H3;/q-3;+3/i20D,29D,31D2,32D2,33D2;. The van der Waals surface area contributed by atoms with E-state index in [9.17, 15) is 13.5 Å². The first kappa shape index (κ1) is 35.7. The minimum atomic E-state index is -2.51. The van der Waals surface area contributed by atoms with E-state index in [1.165, 1.54) is 44.3 Å². The molecule has 0 saturated heterocycles. The van der Waals surface area contributed by atoms with Gasteiger partial charge in [-0.25, -0.2) is 4.39 Å². The summed E-state index contributed by atoms with van der Waals surface area (Å²) in [7, 11) is 0. The van der Waals surface area contributed by atoms with Gasteiger partial charge in [-0.05, 0) is 98.4 Å². The van der Waals surface area contributed by atoms with E-state index in [4.69, 9.17) is 7.16 Å². The zero-order valence-electron chi connectivity index (χ0n) is 44.6. The number of pyridine rings is 3. The van der Waals surface area contributed by atoms with Crippen LogP contribution in [0.3, 0.4) is 0 Å². The summed E-state index contributed by atoms with van der Waals surface area (Å²) in [6.45, 7) is 9.97. The summed E-state index contributed by atoms with van der Waals surface area (Å²) in [6.07, 6.45) is -2.59. The molecule has 5 aromatic carbocycles. The number of benzene rings is 5. The maximum absolute atomic E-state index is 16.9. The van der Waals surface area contributed by atoms with Crippen molar-refractivity contribution in [2.45, 2.75) is 76.9 Å². The van der Waals surface area contributed by atoms with Crippen LogP contribution >= 0.6 is 0 Å². The molecule has 65 heavy (non-hydrogen) atoms. The summed E-state index contributed by atoms with van der Waals surface area (Å²) in [6, 6.07) is 43.1. The van der Waals surface area contributed by atoms with Gasteiger partial charge in [0.15, 0.2) is 0 Å². The Balaban J connectivity index is 0.00000711. The molecule has 4 aromatic heterocycles. The van der Waals surface area contributed by atoms with Crippen LogP contribution in [-0.4, -0.2) is 15.0 Å². The van der Waals surface area contributed by atoms with Crippen LogP contribution < -0.4 is 0 Å². The summed E-state index contributed by atoms with van der Waals surface area (Å²) in [5.74, 6) is -0.811. The van der Waals surface area contributed by atoms with E-state index in [1.807, 2.05) is 42.5 Å². The molecule has 0 aliphatic rings. The van der Waals surface area contributed by atoms with Crippen LogP contribution in [0.5, 0.6) is 0 Å². The SMILES string of the molecule is [2H]c1cc2c(oc3c(-c4cc(F)c(C(C)(C)C([2H])([2H])c5cc(C([2H])([2H])C(C)(C)c6ccc(-c7[c-]cccc7)nc6)cc(C([2H])([2H])C(C)(C)c6ccc(-c7[c-]cccc7)nc6)c5)cn4)[c-]ccc32)c([2H])c1C#N.[Ir+3]. The van der Waals surface area contributed by atoms with Crippen molar-refractivity contribution in [3.8, 4) is 39.8 Å². The first-order valence-corrected chi connectivity index (χ1v) is 20.9. The molecule has 9 rings (SSSR count). The van der Waals surface area contributed by atoms with Gasteiger partial charge in [0.1, 0.15) is 11.4 Å². The molecule has 0 bridgehead atoms. The van der Waals surface area contributed by atoms with E-state index in [0.29, 0.717) is 33.3 Å². The molecule has 0 fully saturated rings. The molecule has 9 aromatic rings. The minimum Gasteiger partial charge on any atom is -0.501 e. The molecular weight excluding hydrogens is 980 g/mol. The van der Waals surface area contributed by atoms with Crippen LogP contribution in [0.25, 0.3) is 55.7 Å². The quantitative estimate of drug-likeness (QED) is 0.114. The predicted molar refractivity (Wildman–Crippen MR) is 254 cm³/mol. The van der Waals surface area contributed by atoms with Gasteiger partial charge in [-0.3, -0.25) is 0 Å². The Bertz CT molecular complexity index is 3450. The zero-order chi connectivity index (χ0) is 51.8. The number of fused-ring (bicyclic) bond motifs is 3. The fraction of sp³-hybridized carbons (Fsp3) is 0.207. The van der Waals surface area contributed by atoms with Crippen molar-refractivity contribution in [2.75, 3.05) is 0 Å². The van der Waals surface area contributed by atoms with Gasteiger partial charge in [0, 0.05) is 37.8 Å². The molecule has 7 heteroatoms. The van der Waals surface area contributed by atoms with Gasteiger partial charge < -0.3 is 19.4 Å². The van der Waals surface area contributed by atoms with Gasteiger partial charge in [0.25, 0.3) is 0 Å². The van der Waals surface area contributed by atoms with Gasteiger partial charge in [0.2, 0.25) is 0 Å². The Labute approximate surface area is 406 Å². The molecule has 0 amide bonds. The fourth-order valence-corrected chi connectivity index (χ4v) is 7.98. The van der Waals surface area contributed by atoms with Crippen LogP contribution in [0.2, 0.25) is 0 Å². The zero-order valence-corrected chi connectivity index (χ0v) is 39.0. The molecule has 322 valence electrons. The fourth-order valence-electron chi connectivity index (χ4n) is 7.98. The molecule has 0 spiro atoms. The van der Waals surface area contributed by atoms with Crippen LogP contribution in [0.4, 0.5) is 4.39 Å². The van der Waals surface area contributed by atoms with E-state index in [-0.39, 0.29) is 82.4 Å². The normalized spacial score (nSPS) is 14.4. The van der Waals surface area contributed by atoms with E-state index < -0.39 is 41.2 Å². The van der Waals surface area contributed by atoms with Crippen molar-refractivity contribution in [1.82, 2.24) is 15.0 Å². The summed E-state index contributed by atoms with van der Waals surface area (Å²) in [5.41, 5.74) is -0.113. The average molecular weight is 1040 g/mol. The third-order valence-corrected chi connectivity index (χ3v) is 11.4. The Morgan fingerprint density at radius 2 is 1.20 bits per heavy atom. The Morgan fingerprint density at radius 3 is 1.69 bits per heavy atom. The van der Waals surface area contributed by atoms with Crippen molar-refractivity contribution >= 4 is 21.9 Å². The number of nitrogens with zero attached hydrogens (tertiary/aromatic N) is 4. The van der Waals surface area contributed by atoms with Gasteiger partial charge >= 0.3 is 20.1 Å². The van der Waals surface area contributed by atoms with Crippen LogP contribution in [-0.2, 0) is 55.5 Å². The molecule has 0 N–H and O–H groups in total. The summed E-state index contributed by atoms with van der Waals surface area (Å²) in [5, 5.41) is 10.5. The second-order valence-electron chi connectivity index (χ2n) is 17.4. The maximum Gasteiger partial charge on any atom is 3.00 e. The number of furan rings is 1. The second-order valence-corrected chi connectivity index (χ2v) is 17.4. The van der Waals surface area contributed by atoms with Crippen molar-refractivity contribution in [3.63, 3.8) is 0 Å². The van der Waals surface area contributed by atoms with E-state index in [1.54, 1.807) is 88.6 Å². The molecule has 0 aliphatic carbocycles. The molecular formula is C58H48FIrN4O. The number of hydrogen-bond acceptors (Lipinski definition) is 5. The molecule has 0 atom stereocenters. The molecule has 0 aliphatic heterocycles. The first-order chi connectivity index (χ1) is 33.9. The Hall–Kier alpha value is -6.58. The molecule has 0 saturated carbocycles. The summed E-state index contributed by atoms with van der Waals surface area (Å²) >= 11 is 0. The Morgan fingerprint density at radius 1 is 0.646 bits per heavy atom. The number of hydrogen-bond donors (Lipinski definition) is 0. The van der Waals surface area contributed by atoms with Gasteiger partial charge in [0.05, 0.1) is 20.0 Å². The van der Waals surface area contributed by atoms with Crippen molar-refractivity contribution in [1.29, 1.82) is 5.26 Å². The average Bonchev–Trinajstić information content (AvgIpc) is 3.75. The first-order valence-electron chi connectivity index (χ1n) is 24.9. The summed E-state index contributed by atoms with van der Waals surface area (Å²) < 4.78 is 99.4. The van der Waals surface area contributed by atoms with Gasteiger partial charge in [-0.15, -0.1) is 90.0 Å². The van der Waals surface area contributed by atoms with Crippen LogP contribution in [0.15, 0.2) is 150 Å². The third-order valence-electron chi connectivity index (χ3n) is 11.4. The van der Waals surface area contributed by atoms with Crippen molar-refractivity contribution in [3.05, 3.63) is 209 Å².